The molecule has 0 radical (unpaired) electrons. The summed E-state index contributed by atoms with van der Waals surface area (Å²) in [4.78, 5) is 2.48. The van der Waals surface area contributed by atoms with Crippen molar-refractivity contribution in [3.8, 4) is 0 Å². The number of hydrogen-bond donors (Lipinski definition) is 1. The molecule has 1 rings (SSSR count). The van der Waals surface area contributed by atoms with Gasteiger partial charge in [0.05, 0.1) is 0 Å². The molecule has 1 aliphatic rings. The maximum atomic E-state index is 5.69. The third kappa shape index (κ3) is 2.27. The molecule has 0 amide bonds. The fourth-order valence-corrected chi connectivity index (χ4v) is 1.35. The molecule has 0 spiro atoms. The highest BCUT2D eigenvalue weighted by atomic mass is 15.2. The van der Waals surface area contributed by atoms with Gasteiger partial charge in [-0.05, 0) is 26.3 Å². The first-order valence-corrected chi connectivity index (χ1v) is 4.23. The van der Waals surface area contributed by atoms with Gasteiger partial charge in [0.15, 0.2) is 0 Å². The van der Waals surface area contributed by atoms with E-state index in [1.165, 1.54) is 12.8 Å². The number of likely N-dealkylation sites (N-methyl/N-ethyl adjacent to an activating group) is 1. The molecule has 1 fully saturated rings. The fourth-order valence-electron chi connectivity index (χ4n) is 1.35. The molecule has 60 valence electrons. The largest absolute Gasteiger partial charge is 0.327 e. The number of hydrogen-bond acceptors (Lipinski definition) is 2. The molecule has 0 heterocycles. The van der Waals surface area contributed by atoms with E-state index in [4.69, 9.17) is 5.73 Å². The summed E-state index contributed by atoms with van der Waals surface area (Å²) in [6, 6.07) is 1.21. The van der Waals surface area contributed by atoms with Crippen LogP contribution in [0.3, 0.4) is 0 Å². The predicted molar refractivity (Wildman–Crippen MR) is 43.9 cm³/mol. The monoisotopic (exact) mass is 142 g/mol. The summed E-state index contributed by atoms with van der Waals surface area (Å²) in [5, 5.41) is 0. The summed E-state index contributed by atoms with van der Waals surface area (Å²) in [7, 11) is 0. The van der Waals surface area contributed by atoms with Crippen molar-refractivity contribution in [2.75, 3.05) is 13.1 Å². The first-order chi connectivity index (χ1) is 4.74. The SMILES string of the molecule is CCN(CC(C)N)C1CC1. The average molecular weight is 142 g/mol. The lowest BCUT2D eigenvalue weighted by Crippen LogP contribution is -2.36. The van der Waals surface area contributed by atoms with Crippen LogP contribution in [0.25, 0.3) is 0 Å². The maximum Gasteiger partial charge on any atom is 0.0139 e. The Bertz CT molecular complexity index is 97.4. The fraction of sp³-hybridized carbons (Fsp3) is 1.00. The molecule has 1 saturated carbocycles. The van der Waals surface area contributed by atoms with Gasteiger partial charge >= 0.3 is 0 Å². The Morgan fingerprint density at radius 3 is 2.50 bits per heavy atom. The van der Waals surface area contributed by atoms with Crippen LogP contribution in [0.1, 0.15) is 26.7 Å². The third-order valence-electron chi connectivity index (χ3n) is 1.99. The molecule has 0 aromatic rings. The van der Waals surface area contributed by atoms with E-state index in [0.717, 1.165) is 19.1 Å². The van der Waals surface area contributed by atoms with Gasteiger partial charge in [-0.3, -0.25) is 4.90 Å². The molecule has 1 aliphatic carbocycles. The standard InChI is InChI=1S/C8H18N2/c1-3-10(6-7(2)9)8-4-5-8/h7-8H,3-6,9H2,1-2H3. The van der Waals surface area contributed by atoms with Gasteiger partial charge in [0.25, 0.3) is 0 Å². The Morgan fingerprint density at radius 2 is 2.20 bits per heavy atom. The molecule has 2 nitrogen and oxygen atoms in total. The van der Waals surface area contributed by atoms with Crippen LogP contribution >= 0.6 is 0 Å². The van der Waals surface area contributed by atoms with E-state index in [2.05, 4.69) is 18.7 Å². The summed E-state index contributed by atoms with van der Waals surface area (Å²) >= 11 is 0. The van der Waals surface area contributed by atoms with Crippen molar-refractivity contribution in [1.82, 2.24) is 4.90 Å². The first kappa shape index (κ1) is 8.02. The molecule has 2 heteroatoms. The Morgan fingerprint density at radius 1 is 1.60 bits per heavy atom. The zero-order valence-electron chi connectivity index (χ0n) is 7.01. The summed E-state index contributed by atoms with van der Waals surface area (Å²) in [6.45, 7) is 6.51. The zero-order chi connectivity index (χ0) is 7.56. The number of rotatable bonds is 4. The Hall–Kier alpha value is -0.0800. The van der Waals surface area contributed by atoms with Crippen molar-refractivity contribution in [2.45, 2.75) is 38.8 Å². The molecule has 0 aromatic carbocycles. The molecule has 1 atom stereocenters. The highest BCUT2D eigenvalue weighted by Crippen LogP contribution is 2.26. The molecule has 2 N–H and O–H groups in total. The van der Waals surface area contributed by atoms with Gasteiger partial charge < -0.3 is 5.73 Å². The smallest absolute Gasteiger partial charge is 0.0139 e. The van der Waals surface area contributed by atoms with E-state index >= 15 is 0 Å². The molecule has 1 unspecified atom stereocenters. The molecular formula is C8H18N2. The van der Waals surface area contributed by atoms with E-state index in [1.807, 2.05) is 0 Å². The van der Waals surface area contributed by atoms with Crippen molar-refractivity contribution < 1.29 is 0 Å². The molecule has 10 heavy (non-hydrogen) atoms. The van der Waals surface area contributed by atoms with Crippen LogP contribution in [0.2, 0.25) is 0 Å². The topological polar surface area (TPSA) is 29.3 Å². The van der Waals surface area contributed by atoms with Crippen LogP contribution in [0.4, 0.5) is 0 Å². The number of nitrogens with two attached hydrogens (primary N) is 1. The summed E-state index contributed by atoms with van der Waals surface area (Å²) in [5.74, 6) is 0. The van der Waals surface area contributed by atoms with Gasteiger partial charge in [-0.1, -0.05) is 6.92 Å². The third-order valence-corrected chi connectivity index (χ3v) is 1.99. The van der Waals surface area contributed by atoms with Gasteiger partial charge in [0.1, 0.15) is 0 Å². The van der Waals surface area contributed by atoms with Crippen molar-refractivity contribution >= 4 is 0 Å². The molecule has 0 aliphatic heterocycles. The van der Waals surface area contributed by atoms with Gasteiger partial charge in [-0.2, -0.15) is 0 Å². The van der Waals surface area contributed by atoms with E-state index in [-0.39, 0.29) is 0 Å². The van der Waals surface area contributed by atoms with Crippen LogP contribution in [-0.2, 0) is 0 Å². The predicted octanol–water partition coefficient (Wildman–Crippen LogP) is 0.818. The summed E-state index contributed by atoms with van der Waals surface area (Å²) in [6.07, 6.45) is 2.78. The van der Waals surface area contributed by atoms with Crippen molar-refractivity contribution in [3.63, 3.8) is 0 Å². The molecule has 0 aromatic heterocycles. The highest BCUT2D eigenvalue weighted by Gasteiger charge is 2.27. The van der Waals surface area contributed by atoms with Crippen molar-refractivity contribution in [3.05, 3.63) is 0 Å². The first-order valence-electron chi connectivity index (χ1n) is 4.23. The molecule has 0 saturated heterocycles. The maximum absolute atomic E-state index is 5.69. The van der Waals surface area contributed by atoms with Crippen LogP contribution in [0, 0.1) is 0 Å². The Balaban J connectivity index is 2.19. The van der Waals surface area contributed by atoms with E-state index in [0.29, 0.717) is 6.04 Å². The summed E-state index contributed by atoms with van der Waals surface area (Å²) in [5.41, 5.74) is 5.69. The normalized spacial score (nSPS) is 21.6. The zero-order valence-corrected chi connectivity index (χ0v) is 7.01. The van der Waals surface area contributed by atoms with Crippen LogP contribution < -0.4 is 5.73 Å². The second-order valence-electron chi connectivity index (χ2n) is 3.30. The lowest BCUT2D eigenvalue weighted by molar-refractivity contribution is 0.264. The molecular weight excluding hydrogens is 124 g/mol. The minimum absolute atomic E-state index is 0.334. The Kier molecular flexibility index (Phi) is 2.69. The van der Waals surface area contributed by atoms with Crippen molar-refractivity contribution in [1.29, 1.82) is 0 Å². The quantitative estimate of drug-likeness (QED) is 0.629. The second-order valence-corrected chi connectivity index (χ2v) is 3.30. The van der Waals surface area contributed by atoms with Crippen LogP contribution in [-0.4, -0.2) is 30.1 Å². The lowest BCUT2D eigenvalue weighted by Gasteiger charge is -2.21. The van der Waals surface area contributed by atoms with Gasteiger partial charge in [0.2, 0.25) is 0 Å². The Labute approximate surface area is 63.4 Å². The van der Waals surface area contributed by atoms with Gasteiger partial charge in [-0.15, -0.1) is 0 Å². The minimum Gasteiger partial charge on any atom is -0.327 e. The lowest BCUT2D eigenvalue weighted by atomic mass is 10.3. The van der Waals surface area contributed by atoms with Crippen LogP contribution in [0.15, 0.2) is 0 Å². The van der Waals surface area contributed by atoms with E-state index in [9.17, 15) is 0 Å². The number of nitrogens with zero attached hydrogens (tertiary/aromatic N) is 1. The second kappa shape index (κ2) is 3.35. The van der Waals surface area contributed by atoms with E-state index < -0.39 is 0 Å². The van der Waals surface area contributed by atoms with Crippen LogP contribution in [0.5, 0.6) is 0 Å². The van der Waals surface area contributed by atoms with Gasteiger partial charge in [0, 0.05) is 18.6 Å². The summed E-state index contributed by atoms with van der Waals surface area (Å²) < 4.78 is 0. The molecule has 0 bridgehead atoms. The van der Waals surface area contributed by atoms with E-state index in [1.54, 1.807) is 0 Å². The average Bonchev–Trinajstić information content (AvgIpc) is 2.63. The van der Waals surface area contributed by atoms with Crippen molar-refractivity contribution in [2.24, 2.45) is 5.73 Å². The highest BCUT2D eigenvalue weighted by molar-refractivity contribution is 4.84. The van der Waals surface area contributed by atoms with Gasteiger partial charge in [-0.25, -0.2) is 0 Å². The minimum atomic E-state index is 0.334.